The van der Waals surface area contributed by atoms with Gasteiger partial charge in [0, 0.05) is 24.7 Å². The summed E-state index contributed by atoms with van der Waals surface area (Å²) >= 11 is 0. The Morgan fingerprint density at radius 3 is 2.54 bits per heavy atom. The summed E-state index contributed by atoms with van der Waals surface area (Å²) in [4.78, 5) is 23.3. The topological polar surface area (TPSA) is 108 Å². The Hall–Kier alpha value is -4.21. The van der Waals surface area contributed by atoms with Gasteiger partial charge in [0.25, 0.3) is 0 Å². The molecule has 1 aliphatic rings. The third-order valence-corrected chi connectivity index (χ3v) is 6.53. The standard InChI is InChI=1S/C29H33FN6O3/c1-28(2,3)39-27(37)35-15-18(14-29(4,5)16-35)36-26-23(25(31)32-17-33-26)24(34-36)21-12-11-20(13-22(21)30)38-19-9-7-6-8-10-19/h6-13,17-18H,14-16H2,1-5H3,(H2,31,32,33)/t18-/m1/s1. The van der Waals surface area contributed by atoms with E-state index in [4.69, 9.17) is 20.3 Å². The van der Waals surface area contributed by atoms with Gasteiger partial charge in [-0.05, 0) is 56.9 Å². The molecule has 2 aromatic heterocycles. The highest BCUT2D eigenvalue weighted by atomic mass is 19.1. The lowest BCUT2D eigenvalue weighted by Gasteiger charge is -2.42. The van der Waals surface area contributed by atoms with Crippen LogP contribution in [0.25, 0.3) is 22.3 Å². The Kier molecular flexibility index (Phi) is 6.65. The van der Waals surface area contributed by atoms with Gasteiger partial charge in [-0.1, -0.05) is 32.0 Å². The molecule has 9 nitrogen and oxygen atoms in total. The van der Waals surface area contributed by atoms with Crippen molar-refractivity contribution in [2.45, 2.75) is 52.7 Å². The molecule has 0 saturated carbocycles. The molecule has 39 heavy (non-hydrogen) atoms. The van der Waals surface area contributed by atoms with Gasteiger partial charge >= 0.3 is 6.09 Å². The summed E-state index contributed by atoms with van der Waals surface area (Å²) in [5, 5.41) is 5.29. The Bertz CT molecular complexity index is 1510. The Balaban J connectivity index is 1.53. The number of benzene rings is 2. The number of rotatable bonds is 4. The summed E-state index contributed by atoms with van der Waals surface area (Å²) in [6, 6.07) is 13.5. The fourth-order valence-electron chi connectivity index (χ4n) is 5.05. The first-order valence-corrected chi connectivity index (χ1v) is 12.9. The van der Waals surface area contributed by atoms with Gasteiger partial charge in [0.1, 0.15) is 40.8 Å². The van der Waals surface area contributed by atoms with Crippen LogP contribution in [0.5, 0.6) is 11.5 Å². The number of anilines is 1. The van der Waals surface area contributed by atoms with Crippen molar-refractivity contribution in [3.05, 3.63) is 60.7 Å². The number of nitrogens with zero attached hydrogens (tertiary/aromatic N) is 5. The smallest absolute Gasteiger partial charge is 0.410 e. The van der Waals surface area contributed by atoms with Gasteiger partial charge in [-0.3, -0.25) is 0 Å². The highest BCUT2D eigenvalue weighted by Crippen LogP contribution is 2.40. The van der Waals surface area contributed by atoms with Crippen molar-refractivity contribution in [1.82, 2.24) is 24.6 Å². The van der Waals surface area contributed by atoms with Gasteiger partial charge in [0.15, 0.2) is 5.65 Å². The first-order valence-electron chi connectivity index (χ1n) is 12.9. The van der Waals surface area contributed by atoms with E-state index >= 15 is 4.39 Å². The number of carbonyl (C=O) groups excluding carboxylic acids is 1. The summed E-state index contributed by atoms with van der Waals surface area (Å²) in [5.41, 5.74) is 6.50. The number of nitrogens with two attached hydrogens (primary N) is 1. The number of hydrogen-bond acceptors (Lipinski definition) is 7. The number of halogens is 1. The zero-order chi connectivity index (χ0) is 27.9. The van der Waals surface area contributed by atoms with Crippen molar-refractivity contribution in [2.75, 3.05) is 18.8 Å². The summed E-state index contributed by atoms with van der Waals surface area (Å²) in [6.07, 6.45) is 1.71. The number of nitrogen functional groups attached to an aromatic ring is 1. The third kappa shape index (κ3) is 5.64. The zero-order valence-corrected chi connectivity index (χ0v) is 22.8. The molecule has 0 aliphatic carbocycles. The minimum atomic E-state index is -0.616. The van der Waals surface area contributed by atoms with E-state index in [1.807, 2.05) is 39.0 Å². The van der Waals surface area contributed by atoms with Gasteiger partial charge < -0.3 is 20.1 Å². The van der Waals surface area contributed by atoms with Crippen LogP contribution in [0.3, 0.4) is 0 Å². The summed E-state index contributed by atoms with van der Waals surface area (Å²) < 4.78 is 28.7. The predicted octanol–water partition coefficient (Wildman–Crippen LogP) is 6.22. The van der Waals surface area contributed by atoms with Gasteiger partial charge in [-0.15, -0.1) is 0 Å². The minimum Gasteiger partial charge on any atom is -0.457 e. The largest absolute Gasteiger partial charge is 0.457 e. The second kappa shape index (κ2) is 9.83. The van der Waals surface area contributed by atoms with Crippen molar-refractivity contribution < 1.29 is 18.7 Å². The van der Waals surface area contributed by atoms with E-state index in [1.54, 1.807) is 33.8 Å². The van der Waals surface area contributed by atoms with Crippen LogP contribution in [0.2, 0.25) is 0 Å². The van der Waals surface area contributed by atoms with Crippen LogP contribution in [-0.4, -0.2) is 49.4 Å². The Labute approximate surface area is 226 Å². The molecule has 5 rings (SSSR count). The fraction of sp³-hybridized carbons (Fsp3) is 0.379. The number of carbonyl (C=O) groups is 1. The Morgan fingerprint density at radius 1 is 1.10 bits per heavy atom. The fourth-order valence-corrected chi connectivity index (χ4v) is 5.05. The van der Waals surface area contributed by atoms with Crippen molar-refractivity contribution in [2.24, 2.45) is 5.41 Å². The second-order valence-electron chi connectivity index (χ2n) is 11.7. The molecule has 10 heteroatoms. The van der Waals surface area contributed by atoms with Crippen LogP contribution in [-0.2, 0) is 4.74 Å². The second-order valence-corrected chi connectivity index (χ2v) is 11.7. The molecule has 1 saturated heterocycles. The lowest BCUT2D eigenvalue weighted by Crippen LogP contribution is -2.49. The van der Waals surface area contributed by atoms with Crippen molar-refractivity contribution in [3.8, 4) is 22.8 Å². The number of piperidine rings is 1. The van der Waals surface area contributed by atoms with Crippen LogP contribution in [0.4, 0.5) is 15.0 Å². The first-order chi connectivity index (χ1) is 18.4. The highest BCUT2D eigenvalue weighted by molar-refractivity contribution is 5.98. The van der Waals surface area contributed by atoms with E-state index in [2.05, 4.69) is 23.8 Å². The number of fused-ring (bicyclic) bond motifs is 1. The first kappa shape index (κ1) is 26.4. The molecule has 0 unspecified atom stereocenters. The average Bonchev–Trinajstić information content (AvgIpc) is 3.23. The van der Waals surface area contributed by atoms with E-state index in [1.165, 1.54) is 12.4 Å². The maximum Gasteiger partial charge on any atom is 0.410 e. The van der Waals surface area contributed by atoms with E-state index in [-0.39, 0.29) is 28.9 Å². The summed E-state index contributed by atoms with van der Waals surface area (Å²) in [6.45, 7) is 10.6. The number of amides is 1. The molecule has 1 amide bonds. The van der Waals surface area contributed by atoms with Crippen LogP contribution in [0.15, 0.2) is 54.9 Å². The maximum absolute atomic E-state index is 15.5. The molecule has 0 bridgehead atoms. The van der Waals surface area contributed by atoms with Gasteiger partial charge in [-0.2, -0.15) is 5.10 Å². The number of aromatic nitrogens is 4. The van der Waals surface area contributed by atoms with Gasteiger partial charge in [-0.25, -0.2) is 23.8 Å². The Morgan fingerprint density at radius 2 is 1.85 bits per heavy atom. The molecule has 1 aliphatic heterocycles. The van der Waals surface area contributed by atoms with Crippen molar-refractivity contribution >= 4 is 22.9 Å². The molecule has 1 atom stereocenters. The van der Waals surface area contributed by atoms with E-state index in [9.17, 15) is 4.79 Å². The van der Waals surface area contributed by atoms with Crippen LogP contribution < -0.4 is 10.5 Å². The van der Waals surface area contributed by atoms with Gasteiger partial charge in [0.2, 0.25) is 0 Å². The molecular weight excluding hydrogens is 499 g/mol. The number of para-hydroxylation sites is 1. The molecule has 0 radical (unpaired) electrons. The normalized spacial score (nSPS) is 17.3. The molecule has 4 aromatic rings. The number of likely N-dealkylation sites (tertiary alicyclic amines) is 1. The molecule has 204 valence electrons. The van der Waals surface area contributed by atoms with Crippen molar-refractivity contribution in [1.29, 1.82) is 0 Å². The van der Waals surface area contributed by atoms with E-state index in [0.717, 1.165) is 6.42 Å². The molecular formula is C29H33FN6O3. The lowest BCUT2D eigenvalue weighted by molar-refractivity contribution is -0.000317. The highest BCUT2D eigenvalue weighted by Gasteiger charge is 2.39. The SMILES string of the molecule is CC1(C)C[C@@H](n2nc(-c3ccc(Oc4ccccc4)cc3F)c3c(N)ncnc32)CN(C(=O)OC(C)(C)C)C1. The van der Waals surface area contributed by atoms with E-state index in [0.29, 0.717) is 41.3 Å². The number of ether oxygens (including phenoxy) is 2. The molecule has 0 spiro atoms. The molecule has 2 aromatic carbocycles. The minimum absolute atomic E-state index is 0.198. The zero-order valence-electron chi connectivity index (χ0n) is 22.8. The quantitative estimate of drug-likeness (QED) is 0.333. The summed E-state index contributed by atoms with van der Waals surface area (Å²) in [7, 11) is 0. The summed E-state index contributed by atoms with van der Waals surface area (Å²) in [5.74, 6) is 0.644. The van der Waals surface area contributed by atoms with Crippen LogP contribution >= 0.6 is 0 Å². The average molecular weight is 533 g/mol. The molecule has 3 heterocycles. The maximum atomic E-state index is 15.5. The van der Waals surface area contributed by atoms with Crippen molar-refractivity contribution in [3.63, 3.8) is 0 Å². The third-order valence-electron chi connectivity index (χ3n) is 6.53. The monoisotopic (exact) mass is 532 g/mol. The van der Waals surface area contributed by atoms with E-state index < -0.39 is 11.4 Å². The molecule has 1 fully saturated rings. The van der Waals surface area contributed by atoms with Crippen LogP contribution in [0.1, 0.15) is 47.1 Å². The lowest BCUT2D eigenvalue weighted by atomic mass is 9.82. The number of hydrogen-bond donors (Lipinski definition) is 1. The predicted molar refractivity (Wildman–Crippen MR) is 147 cm³/mol. The van der Waals surface area contributed by atoms with Crippen LogP contribution in [0, 0.1) is 11.2 Å². The van der Waals surface area contributed by atoms with Gasteiger partial charge in [0.05, 0.1) is 11.4 Å². The molecule has 2 N–H and O–H groups in total.